The highest BCUT2D eigenvalue weighted by Crippen LogP contribution is 1.41. The van der Waals surface area contributed by atoms with Gasteiger partial charge in [-0.3, -0.25) is 21.9 Å². The molecule has 44 valence electrons. The Morgan fingerprint density at radius 2 is 1.71 bits per heavy atom. The van der Waals surface area contributed by atoms with Gasteiger partial charge in [-0.1, -0.05) is 0 Å². The summed E-state index contributed by atoms with van der Waals surface area (Å²) >= 11 is 0. The first-order chi connectivity index (χ1) is 3.27. The molecule has 0 aromatic heterocycles. The molecule has 0 rings (SSSR count). The van der Waals surface area contributed by atoms with Gasteiger partial charge in [-0.05, 0) is 0 Å². The minimum Gasteiger partial charge on any atom is -0.295 e. The largest absolute Gasteiger partial charge is 0.295 e. The molecular weight excluding hydrogens is 96.0 g/mol. The second-order valence-corrected chi connectivity index (χ2v) is 0.701. The Kier molecular flexibility index (Phi) is 12.4. The second kappa shape index (κ2) is 9.02. The fourth-order valence-electron chi connectivity index (χ4n) is 0. The molecular formula is C2H10N4O. The third kappa shape index (κ3) is 32.9. The van der Waals surface area contributed by atoms with E-state index >= 15 is 0 Å². The summed E-state index contributed by atoms with van der Waals surface area (Å²) in [7, 11) is 0. The lowest BCUT2D eigenvalue weighted by Crippen LogP contribution is -2.26. The molecule has 5 heteroatoms. The maximum absolute atomic E-state index is 9.58. The fraction of sp³-hybridized carbons (Fsp3) is 0.500. The highest BCUT2D eigenvalue weighted by molar-refractivity contribution is 5.71. The summed E-state index contributed by atoms with van der Waals surface area (Å²) in [5, 5.41) is 0. The summed E-state index contributed by atoms with van der Waals surface area (Å²) in [6, 6.07) is 0. The lowest BCUT2D eigenvalue weighted by Gasteiger charge is -1.80. The number of hydrogen-bond donors (Lipinski definition) is 4. The van der Waals surface area contributed by atoms with Crippen LogP contribution in [0.15, 0.2) is 0 Å². The molecule has 0 radical (unpaired) electrons. The monoisotopic (exact) mass is 106 g/mol. The van der Waals surface area contributed by atoms with Crippen LogP contribution in [0.3, 0.4) is 0 Å². The van der Waals surface area contributed by atoms with Gasteiger partial charge < -0.3 is 0 Å². The van der Waals surface area contributed by atoms with Crippen molar-refractivity contribution in [3.05, 3.63) is 0 Å². The lowest BCUT2D eigenvalue weighted by molar-refractivity contribution is -0.119. The van der Waals surface area contributed by atoms with Crippen molar-refractivity contribution in [2.75, 3.05) is 0 Å². The van der Waals surface area contributed by atoms with Crippen molar-refractivity contribution in [1.82, 2.24) is 5.43 Å². The maximum Gasteiger partial charge on any atom is 0.230 e. The highest BCUT2D eigenvalue weighted by atomic mass is 16.2. The van der Waals surface area contributed by atoms with Crippen LogP contribution < -0.4 is 23.0 Å². The van der Waals surface area contributed by atoms with Crippen LogP contribution in [0.5, 0.6) is 0 Å². The van der Waals surface area contributed by atoms with Gasteiger partial charge in [-0.15, -0.1) is 0 Å². The number of hydrazine groups is 2. The molecule has 0 heterocycles. The zero-order chi connectivity index (χ0) is 6.28. The van der Waals surface area contributed by atoms with E-state index in [4.69, 9.17) is 0 Å². The van der Waals surface area contributed by atoms with E-state index in [1.165, 1.54) is 6.92 Å². The van der Waals surface area contributed by atoms with Crippen LogP contribution in [0.1, 0.15) is 6.92 Å². The minimum absolute atomic E-state index is 0.218. The molecule has 1 amide bonds. The van der Waals surface area contributed by atoms with Gasteiger partial charge in [-0.25, -0.2) is 5.84 Å². The van der Waals surface area contributed by atoms with Crippen molar-refractivity contribution >= 4 is 5.91 Å². The molecule has 0 saturated carbocycles. The Bertz CT molecular complexity index is 45.0. The molecule has 0 spiro atoms. The molecule has 5 nitrogen and oxygen atoms in total. The molecule has 0 atom stereocenters. The van der Waals surface area contributed by atoms with E-state index in [1.807, 2.05) is 5.43 Å². The molecule has 0 aromatic rings. The molecule has 0 aromatic carbocycles. The number of rotatable bonds is 0. The van der Waals surface area contributed by atoms with Gasteiger partial charge >= 0.3 is 0 Å². The normalized spacial score (nSPS) is 5.71. The smallest absolute Gasteiger partial charge is 0.230 e. The number of carbonyl (C=O) groups excluding carboxylic acids is 1. The van der Waals surface area contributed by atoms with Gasteiger partial charge in [-0.2, -0.15) is 0 Å². The van der Waals surface area contributed by atoms with Crippen molar-refractivity contribution in [2.45, 2.75) is 6.92 Å². The fourth-order valence-corrected chi connectivity index (χ4v) is 0. The first-order valence-corrected chi connectivity index (χ1v) is 1.58. The molecule has 0 aliphatic carbocycles. The summed E-state index contributed by atoms with van der Waals surface area (Å²) in [4.78, 5) is 9.58. The summed E-state index contributed by atoms with van der Waals surface area (Å²) in [5.74, 6) is 12.4. The van der Waals surface area contributed by atoms with Crippen molar-refractivity contribution < 1.29 is 4.79 Å². The van der Waals surface area contributed by atoms with E-state index in [0.717, 1.165) is 0 Å². The van der Waals surface area contributed by atoms with Crippen LogP contribution in [0.25, 0.3) is 0 Å². The molecule has 0 aliphatic rings. The van der Waals surface area contributed by atoms with Crippen LogP contribution in [0, 0.1) is 0 Å². The Hall–Kier alpha value is -0.650. The van der Waals surface area contributed by atoms with Crippen LogP contribution >= 0.6 is 0 Å². The number of hydrogen-bond acceptors (Lipinski definition) is 4. The first-order valence-electron chi connectivity index (χ1n) is 1.58. The number of nitrogens with one attached hydrogen (secondary N) is 1. The highest BCUT2D eigenvalue weighted by Gasteiger charge is 1.73. The molecule has 0 fully saturated rings. The number of nitrogens with two attached hydrogens (primary N) is 3. The second-order valence-electron chi connectivity index (χ2n) is 0.701. The van der Waals surface area contributed by atoms with Crippen LogP contribution in [-0.2, 0) is 4.79 Å². The van der Waals surface area contributed by atoms with Gasteiger partial charge in [0.15, 0.2) is 0 Å². The standard InChI is InChI=1S/C2H6N2O.H4N2/c1-2(5)4-3;1-2/h3H2,1H3,(H,4,5);1-2H2. The van der Waals surface area contributed by atoms with Gasteiger partial charge in [0.2, 0.25) is 5.91 Å². The van der Waals surface area contributed by atoms with Gasteiger partial charge in [0, 0.05) is 6.92 Å². The van der Waals surface area contributed by atoms with E-state index in [9.17, 15) is 4.79 Å². The molecule has 7 heavy (non-hydrogen) atoms. The predicted octanol–water partition coefficient (Wildman–Crippen LogP) is -2.18. The Balaban J connectivity index is 0. The van der Waals surface area contributed by atoms with Gasteiger partial charge in [0.1, 0.15) is 0 Å². The molecule has 0 bridgehead atoms. The first kappa shape index (κ1) is 9.61. The molecule has 7 N–H and O–H groups in total. The Labute approximate surface area is 41.8 Å². The SMILES string of the molecule is CC(=O)NN.NN. The quantitative estimate of drug-likeness (QED) is 0.160. The third-order valence-corrected chi connectivity index (χ3v) is 0.203. The van der Waals surface area contributed by atoms with E-state index in [0.29, 0.717) is 0 Å². The summed E-state index contributed by atoms with van der Waals surface area (Å²) in [6.45, 7) is 1.35. The van der Waals surface area contributed by atoms with Crippen LogP contribution in [0.2, 0.25) is 0 Å². The van der Waals surface area contributed by atoms with Crippen molar-refractivity contribution in [3.63, 3.8) is 0 Å². The molecule has 0 unspecified atom stereocenters. The lowest BCUT2D eigenvalue weighted by atomic mass is 10.8. The maximum atomic E-state index is 9.58. The zero-order valence-electron chi connectivity index (χ0n) is 4.14. The molecule has 0 aliphatic heterocycles. The minimum atomic E-state index is -0.218. The van der Waals surface area contributed by atoms with Crippen molar-refractivity contribution in [3.8, 4) is 0 Å². The van der Waals surface area contributed by atoms with Crippen LogP contribution in [-0.4, -0.2) is 5.91 Å². The zero-order valence-corrected chi connectivity index (χ0v) is 4.14. The van der Waals surface area contributed by atoms with Gasteiger partial charge in [0.05, 0.1) is 0 Å². The van der Waals surface area contributed by atoms with E-state index in [2.05, 4.69) is 17.5 Å². The van der Waals surface area contributed by atoms with Crippen molar-refractivity contribution in [2.24, 2.45) is 17.5 Å². The summed E-state index contributed by atoms with van der Waals surface area (Å²) in [5.41, 5.74) is 1.89. The Morgan fingerprint density at radius 3 is 1.71 bits per heavy atom. The van der Waals surface area contributed by atoms with Gasteiger partial charge in [0.25, 0.3) is 0 Å². The number of amides is 1. The topological polar surface area (TPSA) is 107 Å². The van der Waals surface area contributed by atoms with E-state index in [1.54, 1.807) is 0 Å². The summed E-state index contributed by atoms with van der Waals surface area (Å²) < 4.78 is 0. The Morgan fingerprint density at radius 1 is 1.57 bits per heavy atom. The van der Waals surface area contributed by atoms with E-state index < -0.39 is 0 Å². The number of carbonyl (C=O) groups is 1. The van der Waals surface area contributed by atoms with E-state index in [-0.39, 0.29) is 5.91 Å². The third-order valence-electron chi connectivity index (χ3n) is 0.203. The average Bonchev–Trinajstić information content (AvgIpc) is 1.73. The summed E-state index contributed by atoms with van der Waals surface area (Å²) in [6.07, 6.45) is 0. The molecule has 0 saturated heterocycles. The van der Waals surface area contributed by atoms with Crippen molar-refractivity contribution in [1.29, 1.82) is 0 Å². The van der Waals surface area contributed by atoms with Crippen LogP contribution in [0.4, 0.5) is 0 Å². The average molecular weight is 106 g/mol. The predicted molar refractivity (Wildman–Crippen MR) is 26.4 cm³/mol.